The monoisotopic (exact) mass is 207 g/mol. The molecule has 0 saturated heterocycles. The lowest BCUT2D eigenvalue weighted by molar-refractivity contribution is -0.140. The molecule has 0 aromatic heterocycles. The van der Waals surface area contributed by atoms with Crippen LogP contribution < -0.4 is 0 Å². The van der Waals surface area contributed by atoms with Gasteiger partial charge < -0.3 is 9.94 Å². The Morgan fingerprint density at radius 1 is 1.47 bits per heavy atom. The topological polar surface area (TPSA) is 58.9 Å². The molecule has 0 aliphatic carbocycles. The average Bonchev–Trinajstić information content (AvgIpc) is 2.21. The molecule has 1 rings (SSSR count). The van der Waals surface area contributed by atoms with Crippen LogP contribution in [-0.4, -0.2) is 16.8 Å². The van der Waals surface area contributed by atoms with Crippen LogP contribution in [0.15, 0.2) is 29.4 Å². The highest BCUT2D eigenvalue weighted by molar-refractivity contribution is 6.02. The maximum atomic E-state index is 10.6. The van der Waals surface area contributed by atoms with Crippen molar-refractivity contribution < 1.29 is 14.7 Å². The first-order valence-corrected chi connectivity index (χ1v) is 4.68. The van der Waals surface area contributed by atoms with Gasteiger partial charge in [0.15, 0.2) is 0 Å². The van der Waals surface area contributed by atoms with Crippen LogP contribution in [0.5, 0.6) is 5.75 Å². The summed E-state index contributed by atoms with van der Waals surface area (Å²) in [6, 6.07) is 6.79. The Balaban J connectivity index is 2.97. The number of benzene rings is 1. The van der Waals surface area contributed by atoms with Crippen LogP contribution in [0.4, 0.5) is 0 Å². The van der Waals surface area contributed by atoms with Crippen LogP contribution in [-0.2, 0) is 9.63 Å². The van der Waals surface area contributed by atoms with Crippen molar-refractivity contribution in [3.63, 3.8) is 0 Å². The second kappa shape index (κ2) is 5.14. The molecular weight excluding hydrogens is 194 g/mol. The van der Waals surface area contributed by atoms with E-state index in [1.165, 1.54) is 6.92 Å². The lowest BCUT2D eigenvalue weighted by Gasteiger charge is -2.04. The van der Waals surface area contributed by atoms with E-state index in [4.69, 9.17) is 0 Å². The molecule has 0 saturated carbocycles. The van der Waals surface area contributed by atoms with Crippen LogP contribution >= 0.6 is 0 Å². The second-order valence-corrected chi connectivity index (χ2v) is 2.99. The van der Waals surface area contributed by atoms with Gasteiger partial charge in [-0.3, -0.25) is 0 Å². The normalized spacial score (nSPS) is 11.2. The number of phenolic OH excluding ortho intramolecular Hbond substituents is 1. The van der Waals surface area contributed by atoms with Crippen molar-refractivity contribution in [2.75, 3.05) is 0 Å². The molecule has 0 atom stereocenters. The van der Waals surface area contributed by atoms with Crippen molar-refractivity contribution in [3.05, 3.63) is 29.8 Å². The molecule has 1 aromatic rings. The first kappa shape index (κ1) is 11.2. The predicted octanol–water partition coefficient (Wildman–Crippen LogP) is 2.07. The van der Waals surface area contributed by atoms with Gasteiger partial charge in [0.25, 0.3) is 0 Å². The third kappa shape index (κ3) is 3.09. The number of hydrogen-bond acceptors (Lipinski definition) is 4. The molecule has 0 radical (unpaired) electrons. The fraction of sp³-hybridized carbons (Fsp3) is 0.273. The summed E-state index contributed by atoms with van der Waals surface area (Å²) < 4.78 is 0. The fourth-order valence-electron chi connectivity index (χ4n) is 1.14. The predicted molar refractivity (Wildman–Crippen MR) is 56.7 cm³/mol. The maximum absolute atomic E-state index is 10.6. The van der Waals surface area contributed by atoms with Gasteiger partial charge in [0.2, 0.25) is 0 Å². The van der Waals surface area contributed by atoms with Crippen molar-refractivity contribution >= 4 is 11.7 Å². The number of hydrogen-bond donors (Lipinski definition) is 1. The maximum Gasteiger partial charge on any atom is 0.331 e. The van der Waals surface area contributed by atoms with E-state index in [1.807, 2.05) is 6.92 Å². The molecule has 0 fully saturated rings. The number of aromatic hydroxyl groups is 1. The molecule has 1 aromatic carbocycles. The van der Waals surface area contributed by atoms with Crippen LogP contribution in [0, 0.1) is 0 Å². The molecule has 4 heteroatoms. The van der Waals surface area contributed by atoms with Gasteiger partial charge in [-0.25, -0.2) is 4.79 Å². The lowest BCUT2D eigenvalue weighted by Crippen LogP contribution is -2.02. The van der Waals surface area contributed by atoms with E-state index < -0.39 is 5.97 Å². The van der Waals surface area contributed by atoms with Crippen LogP contribution in [0.1, 0.15) is 25.8 Å². The molecule has 0 spiro atoms. The summed E-state index contributed by atoms with van der Waals surface area (Å²) in [5.74, 6) is -0.346. The Hall–Kier alpha value is -1.84. The smallest absolute Gasteiger partial charge is 0.331 e. The van der Waals surface area contributed by atoms with Crippen LogP contribution in [0.2, 0.25) is 0 Å². The van der Waals surface area contributed by atoms with E-state index in [0.29, 0.717) is 17.7 Å². The number of rotatable bonds is 3. The van der Waals surface area contributed by atoms with Crippen molar-refractivity contribution in [2.45, 2.75) is 20.3 Å². The second-order valence-electron chi connectivity index (χ2n) is 2.99. The Bertz CT molecular complexity index is 385. The van der Waals surface area contributed by atoms with E-state index in [1.54, 1.807) is 24.3 Å². The summed E-state index contributed by atoms with van der Waals surface area (Å²) in [5.41, 5.74) is 1.13. The van der Waals surface area contributed by atoms with Crippen molar-refractivity contribution in [3.8, 4) is 5.75 Å². The fourth-order valence-corrected chi connectivity index (χ4v) is 1.14. The van der Waals surface area contributed by atoms with Crippen LogP contribution in [0.3, 0.4) is 0 Å². The minimum Gasteiger partial charge on any atom is -0.507 e. The van der Waals surface area contributed by atoms with E-state index in [-0.39, 0.29) is 5.75 Å². The largest absolute Gasteiger partial charge is 0.507 e. The minimum atomic E-state index is -0.476. The molecule has 80 valence electrons. The number of carbonyl (C=O) groups excluding carboxylic acids is 1. The zero-order valence-corrected chi connectivity index (χ0v) is 8.73. The lowest BCUT2D eigenvalue weighted by atomic mass is 10.1. The summed E-state index contributed by atoms with van der Waals surface area (Å²) in [5, 5.41) is 13.2. The van der Waals surface area contributed by atoms with E-state index in [9.17, 15) is 9.90 Å². The van der Waals surface area contributed by atoms with E-state index in [2.05, 4.69) is 9.99 Å². The number of para-hydroxylation sites is 1. The standard InChI is InChI=1S/C11H13NO3/c1-3-10(12-15-8(2)13)9-6-4-5-7-11(9)14/h4-7,14H,3H2,1-2H3/b12-10-. The summed E-state index contributed by atoms with van der Waals surface area (Å²) >= 11 is 0. The Labute approximate surface area is 88.2 Å². The van der Waals surface area contributed by atoms with Gasteiger partial charge in [0.05, 0.1) is 5.71 Å². The van der Waals surface area contributed by atoms with Gasteiger partial charge in [-0.2, -0.15) is 0 Å². The molecular formula is C11H13NO3. The molecule has 4 nitrogen and oxygen atoms in total. The highest BCUT2D eigenvalue weighted by Gasteiger charge is 2.07. The number of nitrogens with zero attached hydrogens (tertiary/aromatic N) is 1. The summed E-state index contributed by atoms with van der Waals surface area (Å²) in [4.78, 5) is 15.1. The first-order valence-electron chi connectivity index (χ1n) is 4.68. The number of phenols is 1. The number of carbonyl (C=O) groups is 1. The first-order chi connectivity index (χ1) is 7.15. The average molecular weight is 207 g/mol. The minimum absolute atomic E-state index is 0.130. The highest BCUT2D eigenvalue weighted by Crippen LogP contribution is 2.18. The number of oxime groups is 1. The zero-order valence-electron chi connectivity index (χ0n) is 8.73. The van der Waals surface area contributed by atoms with Crippen LogP contribution in [0.25, 0.3) is 0 Å². The van der Waals surface area contributed by atoms with E-state index in [0.717, 1.165) is 0 Å². The third-order valence-electron chi connectivity index (χ3n) is 1.83. The summed E-state index contributed by atoms with van der Waals surface area (Å²) in [7, 11) is 0. The Morgan fingerprint density at radius 2 is 2.13 bits per heavy atom. The molecule has 1 N–H and O–H groups in total. The molecule has 15 heavy (non-hydrogen) atoms. The van der Waals surface area contributed by atoms with Gasteiger partial charge >= 0.3 is 5.97 Å². The molecule has 0 aliphatic rings. The Kier molecular flexibility index (Phi) is 3.85. The Morgan fingerprint density at radius 3 is 2.67 bits per heavy atom. The van der Waals surface area contributed by atoms with Crippen molar-refractivity contribution in [2.24, 2.45) is 5.16 Å². The zero-order chi connectivity index (χ0) is 11.3. The van der Waals surface area contributed by atoms with Gasteiger partial charge in [0.1, 0.15) is 5.75 Å². The van der Waals surface area contributed by atoms with Crippen molar-refractivity contribution in [1.29, 1.82) is 0 Å². The molecule has 0 heterocycles. The van der Waals surface area contributed by atoms with Crippen molar-refractivity contribution in [1.82, 2.24) is 0 Å². The molecule has 0 aliphatic heterocycles. The highest BCUT2D eigenvalue weighted by atomic mass is 16.7. The summed E-state index contributed by atoms with van der Waals surface area (Å²) in [6.07, 6.45) is 0.574. The quantitative estimate of drug-likeness (QED) is 0.469. The van der Waals surface area contributed by atoms with Gasteiger partial charge in [0, 0.05) is 12.5 Å². The van der Waals surface area contributed by atoms with Gasteiger partial charge in [-0.1, -0.05) is 24.2 Å². The molecule has 0 unspecified atom stereocenters. The SMILES string of the molecule is CC/C(=N/OC(C)=O)c1ccccc1O. The summed E-state index contributed by atoms with van der Waals surface area (Å²) in [6.45, 7) is 3.15. The van der Waals surface area contributed by atoms with Gasteiger partial charge in [-0.15, -0.1) is 0 Å². The van der Waals surface area contributed by atoms with Gasteiger partial charge in [-0.05, 0) is 18.6 Å². The third-order valence-corrected chi connectivity index (χ3v) is 1.83. The van der Waals surface area contributed by atoms with E-state index >= 15 is 0 Å². The molecule has 0 amide bonds. The molecule has 0 bridgehead atoms.